The highest BCUT2D eigenvalue weighted by Crippen LogP contribution is 2.29. The number of aliphatic hydroxyl groups excluding tert-OH is 1. The molecule has 0 fully saturated rings. The van der Waals surface area contributed by atoms with Crippen molar-refractivity contribution in [1.82, 2.24) is 5.32 Å². The number of methoxy groups -OCH3 is 1. The van der Waals surface area contributed by atoms with Gasteiger partial charge < -0.3 is 19.6 Å². The van der Waals surface area contributed by atoms with E-state index in [0.29, 0.717) is 13.1 Å². The van der Waals surface area contributed by atoms with Gasteiger partial charge in [-0.3, -0.25) is 0 Å². The highest BCUT2D eigenvalue weighted by atomic mass is 16.5. The molecule has 0 amide bonds. The topological polar surface area (TPSA) is 54.6 Å². The monoisotopic (exact) mass is 275 g/mol. The Balaban J connectivity index is 2.03. The summed E-state index contributed by atoms with van der Waals surface area (Å²) < 4.78 is 10.6. The summed E-state index contributed by atoms with van der Waals surface area (Å²) in [4.78, 5) is 0. The molecule has 1 unspecified atom stereocenters. The van der Waals surface area contributed by atoms with Gasteiger partial charge in [0.25, 0.3) is 0 Å². The van der Waals surface area contributed by atoms with Gasteiger partial charge in [-0.05, 0) is 37.6 Å². The van der Waals surface area contributed by atoms with Crippen LogP contribution >= 0.6 is 0 Å². The van der Waals surface area contributed by atoms with Gasteiger partial charge in [0.1, 0.15) is 11.5 Å². The second kappa shape index (κ2) is 6.59. The molecule has 108 valence electrons. The maximum absolute atomic E-state index is 10.3. The number of hydrogen-bond acceptors (Lipinski definition) is 4. The Hall–Kier alpha value is -1.78. The summed E-state index contributed by atoms with van der Waals surface area (Å²) in [6, 6.07) is 7.76. The van der Waals surface area contributed by atoms with Gasteiger partial charge in [0, 0.05) is 12.1 Å². The van der Waals surface area contributed by atoms with Gasteiger partial charge in [0.05, 0.1) is 26.0 Å². The minimum absolute atomic E-state index is 0.444. The number of hydrogen-bond donors (Lipinski definition) is 2. The zero-order valence-electron chi connectivity index (χ0n) is 12.1. The van der Waals surface area contributed by atoms with E-state index in [1.54, 1.807) is 13.4 Å². The first-order valence-corrected chi connectivity index (χ1v) is 6.68. The molecule has 1 heterocycles. The molecule has 1 atom stereocenters. The van der Waals surface area contributed by atoms with E-state index >= 15 is 0 Å². The van der Waals surface area contributed by atoms with E-state index in [1.165, 1.54) is 0 Å². The van der Waals surface area contributed by atoms with Crippen molar-refractivity contribution in [3.05, 3.63) is 53.0 Å². The Bertz CT molecular complexity index is 549. The maximum atomic E-state index is 10.3. The zero-order valence-corrected chi connectivity index (χ0v) is 12.1. The molecule has 2 rings (SSSR count). The zero-order chi connectivity index (χ0) is 14.5. The molecule has 0 bridgehead atoms. The van der Waals surface area contributed by atoms with E-state index in [2.05, 4.69) is 5.32 Å². The molecule has 0 aliphatic carbocycles. The first-order chi connectivity index (χ1) is 9.61. The van der Waals surface area contributed by atoms with E-state index in [1.807, 2.05) is 38.1 Å². The van der Waals surface area contributed by atoms with Crippen LogP contribution in [0.3, 0.4) is 0 Å². The fraction of sp³-hybridized carbons (Fsp3) is 0.375. The molecule has 0 radical (unpaired) electrons. The standard InChI is InChI=1S/C16H21NO3/c1-11-7-12(2)16(19-3)14(8-11)15(18)10-17-9-13-5-4-6-20-13/h4-8,15,17-18H,9-10H2,1-3H3. The highest BCUT2D eigenvalue weighted by Gasteiger charge is 2.15. The van der Waals surface area contributed by atoms with E-state index in [4.69, 9.17) is 9.15 Å². The van der Waals surface area contributed by atoms with Crippen LogP contribution in [0.2, 0.25) is 0 Å². The predicted octanol–water partition coefficient (Wildman–Crippen LogP) is 2.73. The van der Waals surface area contributed by atoms with Gasteiger partial charge in [-0.15, -0.1) is 0 Å². The third-order valence-corrected chi connectivity index (χ3v) is 3.23. The summed E-state index contributed by atoms with van der Waals surface area (Å²) >= 11 is 0. The molecule has 0 saturated carbocycles. The maximum Gasteiger partial charge on any atom is 0.127 e. The SMILES string of the molecule is COc1c(C)cc(C)cc1C(O)CNCc1ccco1. The summed E-state index contributed by atoms with van der Waals surface area (Å²) in [5.74, 6) is 1.60. The largest absolute Gasteiger partial charge is 0.496 e. The molecule has 1 aromatic carbocycles. The van der Waals surface area contributed by atoms with Crippen LogP contribution in [0.5, 0.6) is 5.75 Å². The lowest BCUT2D eigenvalue weighted by molar-refractivity contribution is 0.169. The third kappa shape index (κ3) is 3.40. The van der Waals surface area contributed by atoms with Crippen molar-refractivity contribution in [2.45, 2.75) is 26.5 Å². The van der Waals surface area contributed by atoms with Gasteiger partial charge in [0.15, 0.2) is 0 Å². The molecule has 2 N–H and O–H groups in total. The molecule has 0 aliphatic rings. The summed E-state index contributed by atoms with van der Waals surface area (Å²) in [6.07, 6.45) is 1.03. The number of aliphatic hydroxyl groups is 1. The predicted molar refractivity (Wildman–Crippen MR) is 77.8 cm³/mol. The van der Waals surface area contributed by atoms with Crippen LogP contribution in [0.1, 0.15) is 28.6 Å². The molecular formula is C16H21NO3. The van der Waals surface area contributed by atoms with Gasteiger partial charge >= 0.3 is 0 Å². The summed E-state index contributed by atoms with van der Waals surface area (Å²) in [5.41, 5.74) is 2.97. The van der Waals surface area contributed by atoms with Crippen LogP contribution in [-0.2, 0) is 6.54 Å². The molecule has 4 nitrogen and oxygen atoms in total. The number of aryl methyl sites for hydroxylation is 2. The molecular weight excluding hydrogens is 254 g/mol. The van der Waals surface area contributed by atoms with Crippen molar-refractivity contribution in [3.8, 4) is 5.75 Å². The van der Waals surface area contributed by atoms with Crippen molar-refractivity contribution in [1.29, 1.82) is 0 Å². The smallest absolute Gasteiger partial charge is 0.127 e. The normalized spacial score (nSPS) is 12.4. The van der Waals surface area contributed by atoms with E-state index in [-0.39, 0.29) is 0 Å². The Morgan fingerprint density at radius 2 is 2.15 bits per heavy atom. The van der Waals surface area contributed by atoms with Crippen molar-refractivity contribution in [2.75, 3.05) is 13.7 Å². The van der Waals surface area contributed by atoms with Gasteiger partial charge in [-0.2, -0.15) is 0 Å². The van der Waals surface area contributed by atoms with Crippen LogP contribution in [0, 0.1) is 13.8 Å². The Morgan fingerprint density at radius 1 is 1.35 bits per heavy atom. The number of furan rings is 1. The van der Waals surface area contributed by atoms with Gasteiger partial charge in [-0.25, -0.2) is 0 Å². The average Bonchev–Trinajstić information content (AvgIpc) is 2.91. The summed E-state index contributed by atoms with van der Waals surface area (Å²) in [6.45, 7) is 5.04. The van der Waals surface area contributed by atoms with Crippen LogP contribution in [0.15, 0.2) is 34.9 Å². The summed E-state index contributed by atoms with van der Waals surface area (Å²) in [7, 11) is 1.63. The molecule has 4 heteroatoms. The highest BCUT2D eigenvalue weighted by molar-refractivity contribution is 5.45. The third-order valence-electron chi connectivity index (χ3n) is 3.23. The van der Waals surface area contributed by atoms with Crippen molar-refractivity contribution >= 4 is 0 Å². The van der Waals surface area contributed by atoms with E-state index in [9.17, 15) is 5.11 Å². The van der Waals surface area contributed by atoms with Crippen molar-refractivity contribution < 1.29 is 14.3 Å². The number of rotatable bonds is 6. The molecule has 20 heavy (non-hydrogen) atoms. The van der Waals surface area contributed by atoms with E-state index < -0.39 is 6.10 Å². The molecule has 0 saturated heterocycles. The quantitative estimate of drug-likeness (QED) is 0.851. The second-order valence-electron chi connectivity index (χ2n) is 4.93. The minimum Gasteiger partial charge on any atom is -0.496 e. The number of benzene rings is 1. The molecule has 1 aromatic heterocycles. The molecule has 0 spiro atoms. The fourth-order valence-electron chi connectivity index (χ4n) is 2.37. The second-order valence-corrected chi connectivity index (χ2v) is 4.93. The fourth-order valence-corrected chi connectivity index (χ4v) is 2.37. The number of nitrogens with one attached hydrogen (secondary N) is 1. The lowest BCUT2D eigenvalue weighted by atomic mass is 10.0. The first kappa shape index (κ1) is 14.6. The summed E-state index contributed by atoms with van der Waals surface area (Å²) in [5, 5.41) is 13.5. The molecule has 0 aliphatic heterocycles. The van der Waals surface area contributed by atoms with Crippen molar-refractivity contribution in [2.24, 2.45) is 0 Å². The van der Waals surface area contributed by atoms with Gasteiger partial charge in [-0.1, -0.05) is 11.6 Å². The Morgan fingerprint density at radius 3 is 2.80 bits per heavy atom. The lowest BCUT2D eigenvalue weighted by Crippen LogP contribution is -2.21. The lowest BCUT2D eigenvalue weighted by Gasteiger charge is -2.18. The van der Waals surface area contributed by atoms with Crippen LogP contribution < -0.4 is 10.1 Å². The average molecular weight is 275 g/mol. The van der Waals surface area contributed by atoms with Crippen LogP contribution in [0.25, 0.3) is 0 Å². The number of ether oxygens (including phenoxy) is 1. The van der Waals surface area contributed by atoms with Crippen molar-refractivity contribution in [3.63, 3.8) is 0 Å². The van der Waals surface area contributed by atoms with Crippen LogP contribution in [-0.4, -0.2) is 18.8 Å². The van der Waals surface area contributed by atoms with E-state index in [0.717, 1.165) is 28.2 Å². The Labute approximate surface area is 119 Å². The van der Waals surface area contributed by atoms with Crippen LogP contribution in [0.4, 0.5) is 0 Å². The molecule has 2 aromatic rings. The minimum atomic E-state index is -0.612. The first-order valence-electron chi connectivity index (χ1n) is 6.68. The van der Waals surface area contributed by atoms with Gasteiger partial charge in [0.2, 0.25) is 0 Å². The Kier molecular flexibility index (Phi) is 4.82.